The first-order valence-electron chi connectivity index (χ1n) is 7.53. The van der Waals surface area contributed by atoms with Crippen LogP contribution in [-0.2, 0) is 0 Å². The fourth-order valence-corrected chi connectivity index (χ4v) is 3.06. The Morgan fingerprint density at radius 1 is 1.05 bits per heavy atom. The monoisotopic (exact) mass is 298 g/mol. The van der Waals surface area contributed by atoms with Crippen LogP contribution in [0.2, 0.25) is 0 Å². The highest BCUT2D eigenvalue weighted by Crippen LogP contribution is 2.38. The van der Waals surface area contributed by atoms with Crippen molar-refractivity contribution in [1.82, 2.24) is 20.4 Å². The molecule has 1 aliphatic carbocycles. The third kappa shape index (κ3) is 5.81. The molecule has 2 atom stereocenters. The number of nitrogens with one attached hydrogen (secondary N) is 2. The standard InChI is InChI=1S/C15H30N4O2/c1-15(2)8-11(10-16-13(20)18(3)4)7-12(9-15)17-14(21)19(5)6/h11-12H,7-10H2,1-6H3,(H,16,20)(H,17,21). The summed E-state index contributed by atoms with van der Waals surface area (Å²) in [5.41, 5.74) is 0.177. The van der Waals surface area contributed by atoms with E-state index < -0.39 is 0 Å². The molecular weight excluding hydrogens is 268 g/mol. The lowest BCUT2D eigenvalue weighted by atomic mass is 9.70. The zero-order valence-electron chi connectivity index (χ0n) is 14.2. The van der Waals surface area contributed by atoms with Gasteiger partial charge in [0.05, 0.1) is 0 Å². The zero-order valence-corrected chi connectivity index (χ0v) is 14.2. The van der Waals surface area contributed by atoms with E-state index >= 15 is 0 Å². The van der Waals surface area contributed by atoms with Gasteiger partial charge >= 0.3 is 12.1 Å². The van der Waals surface area contributed by atoms with Gasteiger partial charge in [-0.05, 0) is 30.6 Å². The topological polar surface area (TPSA) is 64.7 Å². The van der Waals surface area contributed by atoms with Crippen molar-refractivity contribution in [2.45, 2.75) is 39.2 Å². The van der Waals surface area contributed by atoms with Gasteiger partial charge in [-0.15, -0.1) is 0 Å². The summed E-state index contributed by atoms with van der Waals surface area (Å²) >= 11 is 0. The Kier molecular flexibility index (Phi) is 5.87. The second-order valence-electron chi connectivity index (χ2n) is 7.30. The Labute approximate surface area is 128 Å². The third-order valence-corrected chi connectivity index (χ3v) is 3.94. The first-order chi connectivity index (χ1) is 9.60. The number of nitrogens with zero attached hydrogens (tertiary/aromatic N) is 2. The summed E-state index contributed by atoms with van der Waals surface area (Å²) in [5, 5.41) is 6.03. The van der Waals surface area contributed by atoms with Gasteiger partial charge in [0.25, 0.3) is 0 Å². The highest BCUT2D eigenvalue weighted by Gasteiger charge is 2.34. The number of rotatable bonds is 3. The molecule has 21 heavy (non-hydrogen) atoms. The predicted octanol–water partition coefficient (Wildman–Crippen LogP) is 1.72. The van der Waals surface area contributed by atoms with Gasteiger partial charge in [0.2, 0.25) is 0 Å². The molecule has 6 nitrogen and oxygen atoms in total. The van der Waals surface area contributed by atoms with E-state index in [2.05, 4.69) is 24.5 Å². The van der Waals surface area contributed by atoms with E-state index in [4.69, 9.17) is 0 Å². The van der Waals surface area contributed by atoms with Crippen molar-refractivity contribution in [1.29, 1.82) is 0 Å². The Hall–Kier alpha value is -1.46. The maximum atomic E-state index is 11.8. The van der Waals surface area contributed by atoms with Crippen molar-refractivity contribution >= 4 is 12.1 Å². The minimum Gasteiger partial charge on any atom is -0.338 e. The first-order valence-corrected chi connectivity index (χ1v) is 7.53. The number of urea groups is 2. The molecule has 1 aliphatic rings. The van der Waals surface area contributed by atoms with Crippen molar-refractivity contribution in [3.8, 4) is 0 Å². The molecule has 122 valence electrons. The molecule has 2 unspecified atom stereocenters. The molecule has 0 saturated heterocycles. The SMILES string of the molecule is CN(C)C(=O)NCC1CC(NC(=O)N(C)C)CC(C)(C)C1. The Morgan fingerprint density at radius 2 is 1.62 bits per heavy atom. The molecule has 0 spiro atoms. The average Bonchev–Trinajstić information content (AvgIpc) is 2.33. The summed E-state index contributed by atoms with van der Waals surface area (Å²) < 4.78 is 0. The van der Waals surface area contributed by atoms with Gasteiger partial charge in [-0.3, -0.25) is 0 Å². The number of carbonyl (C=O) groups is 2. The quantitative estimate of drug-likeness (QED) is 0.833. The van der Waals surface area contributed by atoms with Crippen LogP contribution in [0.1, 0.15) is 33.1 Å². The van der Waals surface area contributed by atoms with E-state index in [0.29, 0.717) is 12.5 Å². The number of amides is 4. The number of hydrogen-bond acceptors (Lipinski definition) is 2. The lowest BCUT2D eigenvalue weighted by molar-refractivity contribution is 0.136. The van der Waals surface area contributed by atoms with E-state index in [1.54, 1.807) is 38.0 Å². The summed E-state index contributed by atoms with van der Waals surface area (Å²) in [6.45, 7) is 5.11. The molecule has 1 rings (SSSR count). The molecule has 0 heterocycles. The van der Waals surface area contributed by atoms with Gasteiger partial charge in [-0.2, -0.15) is 0 Å². The van der Waals surface area contributed by atoms with Crippen molar-refractivity contribution in [2.75, 3.05) is 34.7 Å². The normalized spacial score (nSPS) is 24.1. The van der Waals surface area contributed by atoms with E-state index in [1.165, 1.54) is 0 Å². The summed E-state index contributed by atoms with van der Waals surface area (Å²) in [6, 6.07) is 0.0611. The minimum atomic E-state index is -0.0627. The highest BCUT2D eigenvalue weighted by atomic mass is 16.2. The lowest BCUT2D eigenvalue weighted by Gasteiger charge is -2.40. The summed E-state index contributed by atoms with van der Waals surface area (Å²) in [4.78, 5) is 26.6. The van der Waals surface area contributed by atoms with Crippen molar-refractivity contribution < 1.29 is 9.59 Å². The fourth-order valence-electron chi connectivity index (χ4n) is 3.06. The average molecular weight is 298 g/mol. The second kappa shape index (κ2) is 7.00. The van der Waals surface area contributed by atoms with Gasteiger partial charge in [0, 0.05) is 40.8 Å². The van der Waals surface area contributed by atoms with E-state index in [-0.39, 0.29) is 23.5 Å². The molecule has 4 amide bonds. The van der Waals surface area contributed by atoms with Crippen molar-refractivity contribution in [2.24, 2.45) is 11.3 Å². The third-order valence-electron chi connectivity index (χ3n) is 3.94. The van der Waals surface area contributed by atoms with Crippen molar-refractivity contribution in [3.05, 3.63) is 0 Å². The van der Waals surface area contributed by atoms with Gasteiger partial charge in [-0.25, -0.2) is 9.59 Å². The van der Waals surface area contributed by atoms with Crippen LogP contribution in [0.15, 0.2) is 0 Å². The Balaban J connectivity index is 2.57. The summed E-state index contributed by atoms with van der Waals surface area (Å²) in [6.07, 6.45) is 2.95. The molecule has 0 aliphatic heterocycles. The summed E-state index contributed by atoms with van der Waals surface area (Å²) in [7, 11) is 6.97. The molecule has 0 aromatic heterocycles. The molecule has 0 aromatic carbocycles. The van der Waals surface area contributed by atoms with Crippen LogP contribution in [0.3, 0.4) is 0 Å². The van der Waals surface area contributed by atoms with Crippen LogP contribution in [0.4, 0.5) is 9.59 Å². The van der Waals surface area contributed by atoms with Crippen LogP contribution < -0.4 is 10.6 Å². The number of hydrogen-bond donors (Lipinski definition) is 2. The predicted molar refractivity (Wildman–Crippen MR) is 84.2 cm³/mol. The van der Waals surface area contributed by atoms with Gasteiger partial charge in [0.1, 0.15) is 0 Å². The first kappa shape index (κ1) is 17.6. The lowest BCUT2D eigenvalue weighted by Crippen LogP contribution is -2.48. The molecule has 6 heteroatoms. The largest absolute Gasteiger partial charge is 0.338 e. The smallest absolute Gasteiger partial charge is 0.317 e. The van der Waals surface area contributed by atoms with E-state index in [1.807, 2.05) is 0 Å². The van der Waals surface area contributed by atoms with Gasteiger partial charge < -0.3 is 20.4 Å². The van der Waals surface area contributed by atoms with E-state index in [9.17, 15) is 9.59 Å². The Morgan fingerprint density at radius 3 is 2.14 bits per heavy atom. The summed E-state index contributed by atoms with van der Waals surface area (Å²) in [5.74, 6) is 0.394. The van der Waals surface area contributed by atoms with Crippen LogP contribution >= 0.6 is 0 Å². The van der Waals surface area contributed by atoms with Gasteiger partial charge in [0.15, 0.2) is 0 Å². The van der Waals surface area contributed by atoms with Gasteiger partial charge in [-0.1, -0.05) is 13.8 Å². The van der Waals surface area contributed by atoms with Crippen LogP contribution in [0.5, 0.6) is 0 Å². The number of carbonyl (C=O) groups excluding carboxylic acids is 2. The Bertz CT molecular complexity index is 380. The molecule has 2 N–H and O–H groups in total. The van der Waals surface area contributed by atoms with Crippen molar-refractivity contribution in [3.63, 3.8) is 0 Å². The molecule has 1 saturated carbocycles. The minimum absolute atomic E-state index is 0.0474. The molecule has 1 fully saturated rings. The van der Waals surface area contributed by atoms with Crippen LogP contribution in [0.25, 0.3) is 0 Å². The maximum absolute atomic E-state index is 11.8. The second-order valence-corrected chi connectivity index (χ2v) is 7.30. The highest BCUT2D eigenvalue weighted by molar-refractivity contribution is 5.74. The molecule has 0 bridgehead atoms. The van der Waals surface area contributed by atoms with E-state index in [0.717, 1.165) is 19.3 Å². The fraction of sp³-hybridized carbons (Fsp3) is 0.867. The molecular formula is C15H30N4O2. The maximum Gasteiger partial charge on any atom is 0.317 e. The molecule has 0 aromatic rings. The van der Waals surface area contributed by atoms with Crippen LogP contribution in [0, 0.1) is 11.3 Å². The molecule has 0 radical (unpaired) electrons. The zero-order chi connectivity index (χ0) is 16.2. The van der Waals surface area contributed by atoms with Crippen LogP contribution in [-0.4, -0.2) is 62.6 Å².